The maximum Gasteiger partial charge on any atom is 0.191 e. The van der Waals surface area contributed by atoms with Crippen LogP contribution in [0.2, 0.25) is 0 Å². The maximum absolute atomic E-state index is 4.66. The SMILES string of the molecule is CN=C(NCc1ccc(N2CCN(C)CC2)nc1)NCC(C)Sc1ccccc1.I. The zero-order valence-corrected chi connectivity index (χ0v) is 21.2. The molecule has 0 saturated carbocycles. The molecule has 0 amide bonds. The molecule has 30 heavy (non-hydrogen) atoms. The van der Waals surface area contributed by atoms with Gasteiger partial charge in [0.1, 0.15) is 5.82 Å². The quantitative estimate of drug-likeness (QED) is 0.243. The van der Waals surface area contributed by atoms with E-state index >= 15 is 0 Å². The number of benzene rings is 1. The van der Waals surface area contributed by atoms with E-state index in [0.717, 1.165) is 50.1 Å². The van der Waals surface area contributed by atoms with Gasteiger partial charge in [0.2, 0.25) is 0 Å². The Hall–Kier alpha value is -1.52. The normalized spacial score (nSPS) is 16.0. The van der Waals surface area contributed by atoms with Crippen molar-refractivity contribution in [3.05, 3.63) is 54.2 Å². The molecule has 1 aliphatic rings. The third-order valence-electron chi connectivity index (χ3n) is 4.96. The van der Waals surface area contributed by atoms with E-state index in [1.54, 1.807) is 7.05 Å². The molecule has 1 aromatic carbocycles. The average Bonchev–Trinajstić information content (AvgIpc) is 2.75. The van der Waals surface area contributed by atoms with Crippen LogP contribution in [0.5, 0.6) is 0 Å². The number of aromatic nitrogens is 1. The van der Waals surface area contributed by atoms with Crippen molar-refractivity contribution < 1.29 is 0 Å². The van der Waals surface area contributed by atoms with E-state index < -0.39 is 0 Å². The second-order valence-corrected chi connectivity index (χ2v) is 8.88. The van der Waals surface area contributed by atoms with Gasteiger partial charge in [0.25, 0.3) is 0 Å². The molecule has 1 aliphatic heterocycles. The Balaban J connectivity index is 0.00000320. The monoisotopic (exact) mass is 540 g/mol. The van der Waals surface area contributed by atoms with E-state index in [9.17, 15) is 0 Å². The number of anilines is 1. The Morgan fingerprint density at radius 1 is 1.10 bits per heavy atom. The minimum Gasteiger partial charge on any atom is -0.355 e. The molecular weight excluding hydrogens is 507 g/mol. The van der Waals surface area contributed by atoms with Crippen molar-refractivity contribution in [2.45, 2.75) is 23.6 Å². The summed E-state index contributed by atoms with van der Waals surface area (Å²) in [6.45, 7) is 8.03. The van der Waals surface area contributed by atoms with Crippen molar-refractivity contribution >= 4 is 47.5 Å². The number of aliphatic imine (C=N–C) groups is 1. The zero-order valence-electron chi connectivity index (χ0n) is 18.0. The number of guanidine groups is 1. The second kappa shape index (κ2) is 13.0. The fraction of sp³-hybridized carbons (Fsp3) is 0.455. The van der Waals surface area contributed by atoms with Crippen LogP contribution in [-0.4, -0.2) is 67.9 Å². The van der Waals surface area contributed by atoms with Crippen LogP contribution < -0.4 is 15.5 Å². The Morgan fingerprint density at radius 3 is 2.47 bits per heavy atom. The fourth-order valence-corrected chi connectivity index (χ4v) is 4.11. The van der Waals surface area contributed by atoms with Gasteiger partial charge in [-0.05, 0) is 30.8 Å². The summed E-state index contributed by atoms with van der Waals surface area (Å²) in [6, 6.07) is 14.8. The maximum atomic E-state index is 4.66. The number of pyridine rings is 1. The number of rotatable bonds is 7. The van der Waals surface area contributed by atoms with Gasteiger partial charge in [-0.1, -0.05) is 31.2 Å². The lowest BCUT2D eigenvalue weighted by molar-refractivity contribution is 0.312. The van der Waals surface area contributed by atoms with E-state index in [0.29, 0.717) is 11.8 Å². The smallest absolute Gasteiger partial charge is 0.191 e. The van der Waals surface area contributed by atoms with Crippen molar-refractivity contribution in [2.75, 3.05) is 51.7 Å². The number of hydrogen-bond donors (Lipinski definition) is 2. The molecule has 2 heterocycles. The summed E-state index contributed by atoms with van der Waals surface area (Å²) in [4.78, 5) is 15.0. The summed E-state index contributed by atoms with van der Waals surface area (Å²) in [6.07, 6.45) is 1.96. The summed E-state index contributed by atoms with van der Waals surface area (Å²) < 4.78 is 0. The van der Waals surface area contributed by atoms with E-state index in [2.05, 4.69) is 80.8 Å². The lowest BCUT2D eigenvalue weighted by atomic mass is 10.2. The van der Waals surface area contributed by atoms with Crippen LogP contribution >= 0.6 is 35.7 Å². The Kier molecular flexibility index (Phi) is 10.7. The number of hydrogen-bond acceptors (Lipinski definition) is 5. The molecule has 164 valence electrons. The van der Waals surface area contributed by atoms with Gasteiger partial charge in [-0.25, -0.2) is 4.98 Å². The van der Waals surface area contributed by atoms with Crippen LogP contribution in [-0.2, 0) is 6.54 Å². The third-order valence-corrected chi connectivity index (χ3v) is 6.07. The van der Waals surface area contributed by atoms with Gasteiger partial charge in [-0.3, -0.25) is 4.99 Å². The summed E-state index contributed by atoms with van der Waals surface area (Å²) >= 11 is 1.86. The lowest BCUT2D eigenvalue weighted by Crippen LogP contribution is -2.44. The summed E-state index contributed by atoms with van der Waals surface area (Å²) in [5.74, 6) is 1.88. The number of nitrogens with one attached hydrogen (secondary N) is 2. The van der Waals surface area contributed by atoms with Gasteiger partial charge in [-0.15, -0.1) is 35.7 Å². The van der Waals surface area contributed by atoms with Crippen LogP contribution in [0.1, 0.15) is 12.5 Å². The van der Waals surface area contributed by atoms with Crippen molar-refractivity contribution in [1.82, 2.24) is 20.5 Å². The molecule has 0 bridgehead atoms. The molecule has 6 nitrogen and oxygen atoms in total. The first-order valence-electron chi connectivity index (χ1n) is 10.2. The Morgan fingerprint density at radius 2 is 1.83 bits per heavy atom. The van der Waals surface area contributed by atoms with Gasteiger partial charge in [0.15, 0.2) is 5.96 Å². The van der Waals surface area contributed by atoms with Crippen LogP contribution in [0.25, 0.3) is 0 Å². The molecule has 0 spiro atoms. The number of halogens is 1. The first-order chi connectivity index (χ1) is 14.1. The highest BCUT2D eigenvalue weighted by Gasteiger charge is 2.15. The van der Waals surface area contributed by atoms with Gasteiger partial charge in [-0.2, -0.15) is 0 Å². The number of thioether (sulfide) groups is 1. The van der Waals surface area contributed by atoms with Gasteiger partial charge in [0, 0.05) is 62.7 Å². The lowest BCUT2D eigenvalue weighted by Gasteiger charge is -2.33. The second-order valence-electron chi connectivity index (χ2n) is 7.36. The largest absolute Gasteiger partial charge is 0.355 e. The van der Waals surface area contributed by atoms with Crippen LogP contribution in [0.3, 0.4) is 0 Å². The third kappa shape index (κ3) is 7.96. The number of nitrogens with zero attached hydrogens (tertiary/aromatic N) is 4. The first-order valence-corrected chi connectivity index (χ1v) is 11.1. The molecule has 1 atom stereocenters. The topological polar surface area (TPSA) is 55.8 Å². The number of likely N-dealkylation sites (N-methyl/N-ethyl adjacent to an activating group) is 1. The van der Waals surface area contributed by atoms with Crippen LogP contribution in [0.4, 0.5) is 5.82 Å². The molecule has 1 aromatic heterocycles. The highest BCUT2D eigenvalue weighted by molar-refractivity contribution is 14.0. The Bertz CT molecular complexity index is 763. The van der Waals surface area contributed by atoms with Crippen LogP contribution in [0.15, 0.2) is 58.5 Å². The molecular formula is C22H33IN6S. The zero-order chi connectivity index (χ0) is 20.5. The molecule has 0 radical (unpaired) electrons. The highest BCUT2D eigenvalue weighted by atomic mass is 127. The molecule has 3 rings (SSSR count). The summed E-state index contributed by atoms with van der Waals surface area (Å²) in [5, 5.41) is 7.24. The molecule has 1 fully saturated rings. The number of piperazine rings is 1. The molecule has 0 aliphatic carbocycles. The summed E-state index contributed by atoms with van der Waals surface area (Å²) in [5.41, 5.74) is 1.15. The molecule has 2 aromatic rings. The summed E-state index contributed by atoms with van der Waals surface area (Å²) in [7, 11) is 3.97. The molecule has 2 N–H and O–H groups in total. The van der Waals surface area contributed by atoms with E-state index in [1.165, 1.54) is 4.90 Å². The average molecular weight is 541 g/mol. The van der Waals surface area contributed by atoms with Crippen molar-refractivity contribution in [3.8, 4) is 0 Å². The first kappa shape index (κ1) is 24.7. The van der Waals surface area contributed by atoms with Crippen molar-refractivity contribution in [2.24, 2.45) is 4.99 Å². The standard InChI is InChI=1S/C22H32N6S.HI/c1-18(29-20-7-5-4-6-8-20)15-25-22(23-2)26-17-19-9-10-21(24-16-19)28-13-11-27(3)12-14-28;/h4-10,16,18H,11-15,17H2,1-3H3,(H2,23,25,26);1H. The van der Waals surface area contributed by atoms with Crippen molar-refractivity contribution in [1.29, 1.82) is 0 Å². The van der Waals surface area contributed by atoms with E-state index in [-0.39, 0.29) is 24.0 Å². The molecule has 8 heteroatoms. The fourth-order valence-electron chi connectivity index (χ4n) is 3.16. The van der Waals surface area contributed by atoms with Gasteiger partial charge < -0.3 is 20.4 Å². The minimum atomic E-state index is 0. The minimum absolute atomic E-state index is 0. The van der Waals surface area contributed by atoms with Gasteiger partial charge >= 0.3 is 0 Å². The van der Waals surface area contributed by atoms with E-state index in [4.69, 9.17) is 0 Å². The highest BCUT2D eigenvalue weighted by Crippen LogP contribution is 2.21. The Labute approximate surface area is 201 Å². The van der Waals surface area contributed by atoms with E-state index in [1.807, 2.05) is 24.0 Å². The van der Waals surface area contributed by atoms with Crippen LogP contribution in [0, 0.1) is 0 Å². The van der Waals surface area contributed by atoms with Crippen molar-refractivity contribution in [3.63, 3.8) is 0 Å². The van der Waals surface area contributed by atoms with Gasteiger partial charge in [0.05, 0.1) is 0 Å². The molecule has 1 saturated heterocycles. The predicted molar refractivity (Wildman–Crippen MR) is 139 cm³/mol. The molecule has 1 unspecified atom stereocenters. The predicted octanol–water partition coefficient (Wildman–Crippen LogP) is 3.30.